The van der Waals surface area contributed by atoms with Crippen molar-refractivity contribution in [3.05, 3.63) is 66.2 Å². The van der Waals surface area contributed by atoms with Crippen LogP contribution >= 0.6 is 0 Å². The summed E-state index contributed by atoms with van der Waals surface area (Å²) in [5.74, 6) is -0.241. The van der Waals surface area contributed by atoms with E-state index in [-0.39, 0.29) is 11.4 Å². The molecule has 3 rings (SSSR count). The van der Waals surface area contributed by atoms with E-state index in [9.17, 15) is 4.79 Å². The number of esters is 1. The summed E-state index contributed by atoms with van der Waals surface area (Å²) in [5, 5.41) is 0. The van der Waals surface area contributed by atoms with Crippen molar-refractivity contribution in [2.45, 2.75) is 6.92 Å². The molecule has 0 spiro atoms. The topological polar surface area (TPSA) is 29.5 Å². The van der Waals surface area contributed by atoms with Crippen LogP contribution in [-0.4, -0.2) is 25.7 Å². The minimum absolute atomic E-state index is 0.0419. The summed E-state index contributed by atoms with van der Waals surface area (Å²) in [6, 6.07) is 19.5. The highest BCUT2D eigenvalue weighted by atomic mass is 16.5. The second-order valence-electron chi connectivity index (χ2n) is 5.94. The van der Waals surface area contributed by atoms with E-state index in [4.69, 9.17) is 4.74 Å². The third kappa shape index (κ3) is 3.07. The van der Waals surface area contributed by atoms with Gasteiger partial charge in [-0.2, -0.15) is 0 Å². The third-order valence-corrected chi connectivity index (χ3v) is 3.83. The molecule has 0 atom stereocenters. The second-order valence-corrected chi connectivity index (χ2v) is 5.94. The van der Waals surface area contributed by atoms with Gasteiger partial charge in [0.05, 0.1) is 5.56 Å². The molecule has 2 aromatic carbocycles. The molecular formula is C18H19NO2. The molecule has 1 heterocycles. The Labute approximate surface area is 125 Å². The Morgan fingerprint density at radius 3 is 2.24 bits per heavy atom. The lowest BCUT2D eigenvalue weighted by Crippen LogP contribution is -2.57. The maximum Gasteiger partial charge on any atom is 0.338 e. The summed E-state index contributed by atoms with van der Waals surface area (Å²) in [6.07, 6.45) is 0. The van der Waals surface area contributed by atoms with Gasteiger partial charge < -0.3 is 9.64 Å². The molecule has 0 saturated carbocycles. The number of ether oxygens (including phenoxy) is 1. The van der Waals surface area contributed by atoms with E-state index in [0.717, 1.165) is 13.1 Å². The molecule has 0 N–H and O–H groups in total. The van der Waals surface area contributed by atoms with Gasteiger partial charge in [-0.3, -0.25) is 0 Å². The number of carbonyl (C=O) groups is 1. The average Bonchev–Trinajstić information content (AvgIpc) is 2.51. The van der Waals surface area contributed by atoms with Gasteiger partial charge in [0.25, 0.3) is 0 Å². The number of anilines is 1. The number of nitrogens with zero attached hydrogens (tertiary/aromatic N) is 1. The highest BCUT2D eigenvalue weighted by molar-refractivity contribution is 5.89. The zero-order chi connectivity index (χ0) is 14.7. The van der Waals surface area contributed by atoms with Gasteiger partial charge in [0.1, 0.15) is 6.61 Å². The fraction of sp³-hybridized carbons (Fsp3) is 0.278. The minimum atomic E-state index is -0.241. The van der Waals surface area contributed by atoms with Crippen LogP contribution in [0, 0.1) is 5.41 Å². The predicted octanol–water partition coefficient (Wildman–Crippen LogP) is 3.37. The maximum absolute atomic E-state index is 11.9. The van der Waals surface area contributed by atoms with Crippen molar-refractivity contribution in [3.8, 4) is 0 Å². The van der Waals surface area contributed by atoms with Crippen LogP contribution in [0.2, 0.25) is 0 Å². The van der Waals surface area contributed by atoms with Crippen molar-refractivity contribution in [3.63, 3.8) is 0 Å². The number of para-hydroxylation sites is 1. The van der Waals surface area contributed by atoms with Gasteiger partial charge in [-0.1, -0.05) is 43.3 Å². The van der Waals surface area contributed by atoms with Gasteiger partial charge in [-0.05, 0) is 24.3 Å². The van der Waals surface area contributed by atoms with E-state index in [1.54, 1.807) is 12.1 Å². The van der Waals surface area contributed by atoms with Crippen molar-refractivity contribution in [1.29, 1.82) is 0 Å². The van der Waals surface area contributed by atoms with Gasteiger partial charge in [0.2, 0.25) is 0 Å². The molecule has 0 aromatic heterocycles. The monoisotopic (exact) mass is 281 g/mol. The summed E-state index contributed by atoms with van der Waals surface area (Å²) in [6.45, 7) is 4.45. The van der Waals surface area contributed by atoms with Gasteiger partial charge in [0, 0.05) is 24.2 Å². The molecule has 0 radical (unpaired) electrons. The molecule has 1 aliphatic heterocycles. The van der Waals surface area contributed by atoms with Crippen LogP contribution in [0.4, 0.5) is 5.69 Å². The van der Waals surface area contributed by atoms with Gasteiger partial charge in [0.15, 0.2) is 0 Å². The van der Waals surface area contributed by atoms with Crippen LogP contribution < -0.4 is 4.90 Å². The van der Waals surface area contributed by atoms with E-state index < -0.39 is 0 Å². The van der Waals surface area contributed by atoms with Crippen molar-refractivity contribution in [2.75, 3.05) is 24.6 Å². The highest BCUT2D eigenvalue weighted by Crippen LogP contribution is 2.34. The van der Waals surface area contributed by atoms with E-state index in [2.05, 4.69) is 24.0 Å². The Bertz CT molecular complexity index is 604. The first kappa shape index (κ1) is 13.7. The summed E-state index contributed by atoms with van der Waals surface area (Å²) in [7, 11) is 0. The van der Waals surface area contributed by atoms with E-state index in [1.165, 1.54) is 5.69 Å². The molecule has 0 amide bonds. The number of rotatable bonds is 4. The van der Waals surface area contributed by atoms with Crippen LogP contribution in [0.15, 0.2) is 60.7 Å². The number of hydrogen-bond donors (Lipinski definition) is 0. The number of carbonyl (C=O) groups excluding carboxylic acids is 1. The van der Waals surface area contributed by atoms with Gasteiger partial charge in [-0.25, -0.2) is 4.79 Å². The molecule has 3 nitrogen and oxygen atoms in total. The molecule has 21 heavy (non-hydrogen) atoms. The molecule has 0 unspecified atom stereocenters. The third-order valence-electron chi connectivity index (χ3n) is 3.83. The second kappa shape index (κ2) is 5.60. The molecule has 108 valence electrons. The van der Waals surface area contributed by atoms with Gasteiger partial charge in [-0.15, -0.1) is 0 Å². The summed E-state index contributed by atoms with van der Waals surface area (Å²) >= 11 is 0. The standard InChI is InChI=1S/C18H19NO2/c1-18(12-19(13-18)16-10-6-3-7-11-16)14-21-17(20)15-8-4-2-5-9-15/h2-11H,12-14H2,1H3. The van der Waals surface area contributed by atoms with Crippen LogP contribution in [0.25, 0.3) is 0 Å². The molecule has 1 fully saturated rings. The van der Waals surface area contributed by atoms with E-state index in [0.29, 0.717) is 12.2 Å². The maximum atomic E-state index is 11.9. The zero-order valence-corrected chi connectivity index (χ0v) is 12.2. The Hall–Kier alpha value is -2.29. The minimum Gasteiger partial charge on any atom is -0.461 e. The van der Waals surface area contributed by atoms with Crippen LogP contribution in [0.1, 0.15) is 17.3 Å². The van der Waals surface area contributed by atoms with Crippen molar-refractivity contribution in [1.82, 2.24) is 0 Å². The van der Waals surface area contributed by atoms with Crippen molar-refractivity contribution in [2.24, 2.45) is 5.41 Å². The lowest BCUT2D eigenvalue weighted by Gasteiger charge is -2.48. The average molecular weight is 281 g/mol. The highest BCUT2D eigenvalue weighted by Gasteiger charge is 2.40. The Balaban J connectivity index is 1.52. The molecule has 1 saturated heterocycles. The molecular weight excluding hydrogens is 262 g/mol. The number of benzene rings is 2. The van der Waals surface area contributed by atoms with Gasteiger partial charge >= 0.3 is 5.97 Å². The van der Waals surface area contributed by atoms with Crippen molar-refractivity contribution < 1.29 is 9.53 Å². The van der Waals surface area contributed by atoms with E-state index in [1.807, 2.05) is 36.4 Å². The zero-order valence-electron chi connectivity index (χ0n) is 12.2. The molecule has 0 aliphatic carbocycles. The normalized spacial score (nSPS) is 16.1. The number of hydrogen-bond acceptors (Lipinski definition) is 3. The van der Waals surface area contributed by atoms with Crippen LogP contribution in [-0.2, 0) is 4.74 Å². The van der Waals surface area contributed by atoms with Crippen molar-refractivity contribution >= 4 is 11.7 Å². The fourth-order valence-corrected chi connectivity index (χ4v) is 2.69. The Kier molecular flexibility index (Phi) is 3.65. The summed E-state index contributed by atoms with van der Waals surface area (Å²) in [4.78, 5) is 14.2. The molecule has 2 aromatic rings. The molecule has 0 bridgehead atoms. The quantitative estimate of drug-likeness (QED) is 0.805. The van der Waals surface area contributed by atoms with E-state index >= 15 is 0 Å². The SMILES string of the molecule is CC1(COC(=O)c2ccccc2)CN(c2ccccc2)C1. The first-order valence-electron chi connectivity index (χ1n) is 7.19. The molecule has 1 aliphatic rings. The summed E-state index contributed by atoms with van der Waals surface area (Å²) in [5.41, 5.74) is 1.88. The molecule has 3 heteroatoms. The lowest BCUT2D eigenvalue weighted by molar-refractivity contribution is 0.0251. The Morgan fingerprint density at radius 2 is 1.62 bits per heavy atom. The summed E-state index contributed by atoms with van der Waals surface area (Å²) < 4.78 is 5.45. The fourth-order valence-electron chi connectivity index (χ4n) is 2.69. The van der Waals surface area contributed by atoms with Crippen LogP contribution in [0.5, 0.6) is 0 Å². The Morgan fingerprint density at radius 1 is 1.05 bits per heavy atom. The first-order valence-corrected chi connectivity index (χ1v) is 7.19. The van der Waals surface area contributed by atoms with Crippen LogP contribution in [0.3, 0.4) is 0 Å². The predicted molar refractivity (Wildman–Crippen MR) is 83.5 cm³/mol. The first-order chi connectivity index (χ1) is 10.2. The largest absolute Gasteiger partial charge is 0.461 e. The smallest absolute Gasteiger partial charge is 0.338 e. The lowest BCUT2D eigenvalue weighted by atomic mass is 9.82.